The van der Waals surface area contributed by atoms with Gasteiger partial charge in [0.05, 0.1) is 11.5 Å². The fraction of sp³-hybridized carbons (Fsp3) is 0.276. The number of carbonyl (C=O) groups excluding carboxylic acids is 1. The number of rotatable bonds is 9. The van der Waals surface area contributed by atoms with Crippen LogP contribution in [0, 0.1) is 5.82 Å². The molecule has 0 atom stereocenters. The summed E-state index contributed by atoms with van der Waals surface area (Å²) in [6, 6.07) is 19.8. The van der Waals surface area contributed by atoms with E-state index in [4.69, 9.17) is 4.74 Å². The van der Waals surface area contributed by atoms with Crippen LogP contribution in [0.3, 0.4) is 0 Å². The molecule has 0 fully saturated rings. The number of fused-ring (bicyclic) bond motifs is 1. The zero-order chi connectivity index (χ0) is 27.5. The van der Waals surface area contributed by atoms with E-state index in [-0.39, 0.29) is 22.0 Å². The SMILES string of the molecule is COCCNC(=O)c1cc2cc(NS(=O)(=O)c3ccc(C(C)(C)C)cc3)ccc2n1Cc1ccc(F)cc1. The number of benzene rings is 3. The normalized spacial score (nSPS) is 12.0. The van der Waals surface area contributed by atoms with Crippen molar-refractivity contribution >= 4 is 32.5 Å². The molecule has 3 aromatic carbocycles. The van der Waals surface area contributed by atoms with E-state index in [1.165, 1.54) is 12.1 Å². The standard InChI is InChI=1S/C29H32FN3O4S/c1-29(2,3)22-7-12-25(13-8-22)38(35,36)32-24-11-14-26-21(17-24)18-27(28(34)31-15-16-37-4)33(26)19-20-5-9-23(30)10-6-20/h5-14,17-18,32H,15-16,19H2,1-4H3,(H,31,34). The van der Waals surface area contributed by atoms with E-state index in [1.807, 2.05) is 16.7 Å². The maximum absolute atomic E-state index is 13.4. The van der Waals surface area contributed by atoms with Crippen LogP contribution in [0.25, 0.3) is 10.9 Å². The van der Waals surface area contributed by atoms with Gasteiger partial charge in [0.1, 0.15) is 11.5 Å². The summed E-state index contributed by atoms with van der Waals surface area (Å²) in [4.78, 5) is 13.2. The number of sulfonamides is 1. The van der Waals surface area contributed by atoms with Crippen molar-refractivity contribution in [1.82, 2.24) is 9.88 Å². The quantitative estimate of drug-likeness (QED) is 0.284. The van der Waals surface area contributed by atoms with Gasteiger partial charge < -0.3 is 14.6 Å². The molecule has 4 rings (SSSR count). The summed E-state index contributed by atoms with van der Waals surface area (Å²) in [5.74, 6) is -0.630. The Hall–Kier alpha value is -3.69. The maximum Gasteiger partial charge on any atom is 0.268 e. The molecule has 0 radical (unpaired) electrons. The highest BCUT2D eigenvalue weighted by Gasteiger charge is 2.20. The second kappa shape index (κ2) is 11.0. The maximum atomic E-state index is 13.4. The molecule has 4 aromatic rings. The number of hydrogen-bond acceptors (Lipinski definition) is 4. The van der Waals surface area contributed by atoms with Crippen molar-refractivity contribution in [1.29, 1.82) is 0 Å². The lowest BCUT2D eigenvalue weighted by Gasteiger charge is -2.19. The van der Waals surface area contributed by atoms with Gasteiger partial charge in [-0.2, -0.15) is 0 Å². The highest BCUT2D eigenvalue weighted by Crippen LogP contribution is 2.28. The van der Waals surface area contributed by atoms with E-state index in [1.54, 1.807) is 55.6 Å². The van der Waals surface area contributed by atoms with Gasteiger partial charge >= 0.3 is 0 Å². The number of methoxy groups -OCH3 is 1. The molecule has 0 saturated heterocycles. The van der Waals surface area contributed by atoms with Crippen molar-refractivity contribution in [2.45, 2.75) is 37.6 Å². The Kier molecular flexibility index (Phi) is 7.89. The third-order valence-corrected chi connectivity index (χ3v) is 7.66. The van der Waals surface area contributed by atoms with Crippen molar-refractivity contribution in [2.75, 3.05) is 25.0 Å². The Morgan fingerprint density at radius 2 is 1.66 bits per heavy atom. The first-order valence-electron chi connectivity index (χ1n) is 12.3. The van der Waals surface area contributed by atoms with E-state index in [0.29, 0.717) is 36.5 Å². The Morgan fingerprint density at radius 3 is 2.29 bits per heavy atom. The summed E-state index contributed by atoms with van der Waals surface area (Å²) in [5.41, 5.74) is 3.29. The van der Waals surface area contributed by atoms with Crippen LogP contribution in [0.15, 0.2) is 77.7 Å². The van der Waals surface area contributed by atoms with Crippen LogP contribution in [0.5, 0.6) is 0 Å². The predicted octanol–water partition coefficient (Wildman–Crippen LogP) is 5.30. The van der Waals surface area contributed by atoms with Crippen LogP contribution in [-0.2, 0) is 26.7 Å². The molecule has 0 unspecified atom stereocenters. The van der Waals surface area contributed by atoms with Crippen molar-refractivity contribution < 1.29 is 22.3 Å². The van der Waals surface area contributed by atoms with Gasteiger partial charge in [-0.1, -0.05) is 45.0 Å². The molecule has 200 valence electrons. The average molecular weight is 538 g/mol. The van der Waals surface area contributed by atoms with Gasteiger partial charge in [0, 0.05) is 36.8 Å². The average Bonchev–Trinajstić information content (AvgIpc) is 3.22. The molecule has 38 heavy (non-hydrogen) atoms. The van der Waals surface area contributed by atoms with Crippen molar-refractivity contribution in [3.8, 4) is 0 Å². The number of halogens is 1. The first-order valence-corrected chi connectivity index (χ1v) is 13.7. The molecule has 1 heterocycles. The van der Waals surface area contributed by atoms with Crippen molar-refractivity contribution in [3.05, 3.63) is 95.4 Å². The highest BCUT2D eigenvalue weighted by atomic mass is 32.2. The minimum atomic E-state index is -3.82. The summed E-state index contributed by atoms with van der Waals surface area (Å²) in [7, 11) is -2.26. The molecule has 0 spiro atoms. The van der Waals surface area contributed by atoms with Crippen LogP contribution >= 0.6 is 0 Å². The monoisotopic (exact) mass is 537 g/mol. The molecule has 0 aliphatic heterocycles. The second-order valence-corrected chi connectivity index (χ2v) is 11.8. The Bertz CT molecular complexity index is 1540. The smallest absolute Gasteiger partial charge is 0.268 e. The van der Waals surface area contributed by atoms with Gasteiger partial charge in [-0.25, -0.2) is 12.8 Å². The minimum Gasteiger partial charge on any atom is -0.383 e. The molecule has 0 aliphatic rings. The topological polar surface area (TPSA) is 89.4 Å². The fourth-order valence-corrected chi connectivity index (χ4v) is 5.22. The molecular weight excluding hydrogens is 505 g/mol. The van der Waals surface area contributed by atoms with Gasteiger partial charge in [0.25, 0.3) is 15.9 Å². The van der Waals surface area contributed by atoms with Gasteiger partial charge in [-0.3, -0.25) is 9.52 Å². The number of ether oxygens (including phenoxy) is 1. The molecule has 0 bridgehead atoms. The lowest BCUT2D eigenvalue weighted by Crippen LogP contribution is -2.29. The van der Waals surface area contributed by atoms with E-state index in [0.717, 1.165) is 16.6 Å². The van der Waals surface area contributed by atoms with Crippen LogP contribution in [0.1, 0.15) is 42.4 Å². The molecule has 1 aromatic heterocycles. The number of amides is 1. The number of hydrogen-bond donors (Lipinski definition) is 2. The van der Waals surface area contributed by atoms with Gasteiger partial charge in [0.2, 0.25) is 0 Å². The Morgan fingerprint density at radius 1 is 0.974 bits per heavy atom. The van der Waals surface area contributed by atoms with E-state index in [9.17, 15) is 17.6 Å². The van der Waals surface area contributed by atoms with Crippen molar-refractivity contribution in [3.63, 3.8) is 0 Å². The second-order valence-electron chi connectivity index (χ2n) is 10.1. The Labute approximate surface area is 222 Å². The summed E-state index contributed by atoms with van der Waals surface area (Å²) >= 11 is 0. The molecule has 0 aliphatic carbocycles. The first kappa shape index (κ1) is 27.3. The third kappa shape index (κ3) is 6.23. The molecule has 7 nitrogen and oxygen atoms in total. The zero-order valence-electron chi connectivity index (χ0n) is 21.9. The number of anilines is 1. The largest absolute Gasteiger partial charge is 0.383 e. The van der Waals surface area contributed by atoms with E-state index >= 15 is 0 Å². The molecular formula is C29H32FN3O4S. The van der Waals surface area contributed by atoms with Gasteiger partial charge in [-0.15, -0.1) is 0 Å². The summed E-state index contributed by atoms with van der Waals surface area (Å²) in [6.45, 7) is 7.25. The lowest BCUT2D eigenvalue weighted by atomic mass is 9.87. The van der Waals surface area contributed by atoms with Crippen LogP contribution in [0.4, 0.5) is 10.1 Å². The third-order valence-electron chi connectivity index (χ3n) is 6.26. The minimum absolute atomic E-state index is 0.0879. The van der Waals surface area contributed by atoms with Crippen molar-refractivity contribution in [2.24, 2.45) is 0 Å². The number of nitrogens with zero attached hydrogens (tertiary/aromatic N) is 1. The molecule has 2 N–H and O–H groups in total. The molecule has 9 heteroatoms. The highest BCUT2D eigenvalue weighted by molar-refractivity contribution is 7.92. The number of aromatic nitrogens is 1. The van der Waals surface area contributed by atoms with E-state index in [2.05, 4.69) is 30.8 Å². The van der Waals surface area contributed by atoms with E-state index < -0.39 is 10.0 Å². The molecule has 0 saturated carbocycles. The van der Waals surface area contributed by atoms with Gasteiger partial charge in [-0.05, 0) is 65.1 Å². The van der Waals surface area contributed by atoms with Crippen LogP contribution in [-0.4, -0.2) is 39.2 Å². The van der Waals surface area contributed by atoms with Crippen LogP contribution < -0.4 is 10.0 Å². The Balaban J connectivity index is 1.66. The number of nitrogens with one attached hydrogen (secondary N) is 2. The zero-order valence-corrected chi connectivity index (χ0v) is 22.7. The van der Waals surface area contributed by atoms with Crippen LogP contribution in [0.2, 0.25) is 0 Å². The molecule has 1 amide bonds. The lowest BCUT2D eigenvalue weighted by molar-refractivity contribution is 0.0928. The summed E-state index contributed by atoms with van der Waals surface area (Å²) < 4.78 is 49.1. The summed E-state index contributed by atoms with van der Waals surface area (Å²) in [6.07, 6.45) is 0. The predicted molar refractivity (Wildman–Crippen MR) is 148 cm³/mol. The number of carbonyl (C=O) groups is 1. The van der Waals surface area contributed by atoms with Gasteiger partial charge in [0.15, 0.2) is 0 Å². The summed E-state index contributed by atoms with van der Waals surface area (Å²) in [5, 5.41) is 3.52. The fourth-order valence-electron chi connectivity index (χ4n) is 4.17. The first-order chi connectivity index (χ1) is 18.0.